The molecule has 0 unspecified atom stereocenters. The van der Waals surface area contributed by atoms with Crippen LogP contribution in [0.15, 0.2) is 47.3 Å². The molecule has 1 aliphatic rings. The van der Waals surface area contributed by atoms with E-state index in [1.54, 1.807) is 17.0 Å². The number of nitrogens with one attached hydrogen (secondary N) is 1. The fourth-order valence-corrected chi connectivity index (χ4v) is 3.81. The third-order valence-corrected chi connectivity index (χ3v) is 5.09. The Labute approximate surface area is 152 Å². The second kappa shape index (κ2) is 6.72. The molecule has 0 spiro atoms. The van der Waals surface area contributed by atoms with E-state index in [0.717, 1.165) is 10.6 Å². The molecule has 4 rings (SSSR count). The molecule has 0 radical (unpaired) electrons. The molecule has 2 aromatic heterocycles. The van der Waals surface area contributed by atoms with Crippen molar-refractivity contribution in [3.63, 3.8) is 0 Å². The van der Waals surface area contributed by atoms with Gasteiger partial charge in [-0.1, -0.05) is 17.4 Å². The van der Waals surface area contributed by atoms with E-state index in [1.165, 1.54) is 42.1 Å². The Hall–Kier alpha value is -3.00. The summed E-state index contributed by atoms with van der Waals surface area (Å²) in [5, 5.41) is 3.23. The van der Waals surface area contributed by atoms with Gasteiger partial charge in [-0.3, -0.25) is 14.9 Å². The first-order valence-electron chi connectivity index (χ1n) is 7.97. The van der Waals surface area contributed by atoms with Crippen molar-refractivity contribution in [2.45, 2.75) is 13.0 Å². The summed E-state index contributed by atoms with van der Waals surface area (Å²) in [5.41, 5.74) is 1.62. The van der Waals surface area contributed by atoms with Crippen LogP contribution < -0.4 is 5.32 Å². The first-order valence-corrected chi connectivity index (χ1v) is 8.79. The van der Waals surface area contributed by atoms with Gasteiger partial charge in [0.25, 0.3) is 11.8 Å². The van der Waals surface area contributed by atoms with Crippen molar-refractivity contribution in [3.8, 4) is 0 Å². The number of furan rings is 1. The minimum absolute atomic E-state index is 0.215. The van der Waals surface area contributed by atoms with Crippen molar-refractivity contribution >= 4 is 28.3 Å². The van der Waals surface area contributed by atoms with Crippen LogP contribution in [0.3, 0.4) is 0 Å². The van der Waals surface area contributed by atoms with Gasteiger partial charge in [-0.25, -0.2) is 9.37 Å². The van der Waals surface area contributed by atoms with E-state index in [2.05, 4.69) is 10.3 Å². The number of halogens is 1. The third kappa shape index (κ3) is 3.23. The van der Waals surface area contributed by atoms with Gasteiger partial charge in [0.05, 0.1) is 24.1 Å². The molecular formula is C18H14FN3O3S. The van der Waals surface area contributed by atoms with Crippen molar-refractivity contribution < 1.29 is 18.4 Å². The topological polar surface area (TPSA) is 75.4 Å². The largest absolute Gasteiger partial charge is 0.472 e. The summed E-state index contributed by atoms with van der Waals surface area (Å²) in [5.74, 6) is -0.944. The minimum Gasteiger partial charge on any atom is -0.472 e. The fourth-order valence-electron chi connectivity index (χ4n) is 2.79. The number of anilines is 1. The molecule has 0 saturated heterocycles. The van der Waals surface area contributed by atoms with Gasteiger partial charge in [0.2, 0.25) is 0 Å². The van der Waals surface area contributed by atoms with Crippen molar-refractivity contribution in [2.24, 2.45) is 0 Å². The number of rotatable bonds is 3. The van der Waals surface area contributed by atoms with E-state index in [4.69, 9.17) is 4.42 Å². The Morgan fingerprint density at radius 1 is 1.27 bits per heavy atom. The molecule has 0 bridgehead atoms. The van der Waals surface area contributed by atoms with Crippen LogP contribution in [0.1, 0.15) is 31.3 Å². The highest BCUT2D eigenvalue weighted by molar-refractivity contribution is 7.15. The van der Waals surface area contributed by atoms with E-state index in [-0.39, 0.29) is 11.8 Å². The number of hydrogen-bond acceptors (Lipinski definition) is 5. The van der Waals surface area contributed by atoms with Crippen LogP contribution in [0.4, 0.5) is 9.52 Å². The Kier molecular flexibility index (Phi) is 4.26. The number of hydrogen-bond donors (Lipinski definition) is 1. The summed E-state index contributed by atoms with van der Waals surface area (Å²) in [6, 6.07) is 7.24. The van der Waals surface area contributed by atoms with Gasteiger partial charge < -0.3 is 9.32 Å². The van der Waals surface area contributed by atoms with Gasteiger partial charge in [-0.05, 0) is 24.3 Å². The zero-order valence-corrected chi connectivity index (χ0v) is 14.4. The smallest absolute Gasteiger partial charge is 0.260 e. The summed E-state index contributed by atoms with van der Waals surface area (Å²) in [4.78, 5) is 31.7. The number of fused-ring (bicyclic) bond motifs is 1. The number of carbonyl (C=O) groups is 2. The lowest BCUT2D eigenvalue weighted by Crippen LogP contribution is -2.35. The average Bonchev–Trinajstić information content (AvgIpc) is 3.29. The number of carbonyl (C=O) groups excluding carboxylic acids is 2. The average molecular weight is 371 g/mol. The lowest BCUT2D eigenvalue weighted by Gasteiger charge is -2.26. The standard InChI is InChI=1S/C18H14FN3O3S/c19-13-3-1-2-11(8-13)17(24)22-6-4-14-15(9-22)26-18(20-14)21-16(23)12-5-7-25-10-12/h1-3,5,7-8,10H,4,6,9H2,(H,20,21,23). The quantitative estimate of drug-likeness (QED) is 0.766. The van der Waals surface area contributed by atoms with Gasteiger partial charge in [0.15, 0.2) is 5.13 Å². The zero-order chi connectivity index (χ0) is 18.1. The van der Waals surface area contributed by atoms with Crippen LogP contribution >= 0.6 is 11.3 Å². The molecule has 2 amide bonds. The van der Waals surface area contributed by atoms with E-state index < -0.39 is 5.82 Å². The molecule has 1 aliphatic heterocycles. The molecule has 6 nitrogen and oxygen atoms in total. The lowest BCUT2D eigenvalue weighted by atomic mass is 10.1. The molecule has 0 aliphatic carbocycles. The highest BCUT2D eigenvalue weighted by Gasteiger charge is 2.25. The van der Waals surface area contributed by atoms with Crippen molar-refractivity contribution in [1.82, 2.24) is 9.88 Å². The monoisotopic (exact) mass is 371 g/mol. The second-order valence-corrected chi connectivity index (χ2v) is 6.93. The van der Waals surface area contributed by atoms with Crippen molar-refractivity contribution in [1.29, 1.82) is 0 Å². The van der Waals surface area contributed by atoms with Gasteiger partial charge in [0, 0.05) is 23.4 Å². The Morgan fingerprint density at radius 2 is 2.15 bits per heavy atom. The Balaban J connectivity index is 1.48. The van der Waals surface area contributed by atoms with Crippen LogP contribution in [-0.2, 0) is 13.0 Å². The molecule has 0 fully saturated rings. The Morgan fingerprint density at radius 3 is 2.92 bits per heavy atom. The summed E-state index contributed by atoms with van der Waals surface area (Å²) >= 11 is 1.34. The molecule has 26 heavy (non-hydrogen) atoms. The summed E-state index contributed by atoms with van der Waals surface area (Å²) in [7, 11) is 0. The Bertz CT molecular complexity index is 968. The van der Waals surface area contributed by atoms with E-state index >= 15 is 0 Å². The zero-order valence-electron chi connectivity index (χ0n) is 13.6. The number of amides is 2. The summed E-state index contributed by atoms with van der Waals surface area (Å²) < 4.78 is 18.2. The maximum absolute atomic E-state index is 13.3. The van der Waals surface area contributed by atoms with Gasteiger partial charge in [0.1, 0.15) is 12.1 Å². The molecule has 1 N–H and O–H groups in total. The molecule has 132 valence electrons. The summed E-state index contributed by atoms with van der Waals surface area (Å²) in [6.45, 7) is 0.894. The lowest BCUT2D eigenvalue weighted by molar-refractivity contribution is 0.0735. The first kappa shape index (κ1) is 16.5. The fraction of sp³-hybridized carbons (Fsp3) is 0.167. The van der Waals surface area contributed by atoms with Gasteiger partial charge >= 0.3 is 0 Å². The highest BCUT2D eigenvalue weighted by atomic mass is 32.1. The SMILES string of the molecule is O=C(Nc1nc2c(s1)CN(C(=O)c1cccc(F)c1)CC2)c1ccoc1. The van der Waals surface area contributed by atoms with Gasteiger partial charge in [-0.2, -0.15) is 0 Å². The van der Waals surface area contributed by atoms with Gasteiger partial charge in [-0.15, -0.1) is 0 Å². The second-order valence-electron chi connectivity index (χ2n) is 5.84. The van der Waals surface area contributed by atoms with Crippen LogP contribution in [0.2, 0.25) is 0 Å². The molecule has 8 heteroatoms. The molecule has 1 aromatic carbocycles. The predicted molar refractivity (Wildman–Crippen MR) is 93.6 cm³/mol. The van der Waals surface area contributed by atoms with E-state index in [1.807, 2.05) is 0 Å². The van der Waals surface area contributed by atoms with Crippen LogP contribution in [0, 0.1) is 5.82 Å². The maximum atomic E-state index is 13.3. The highest BCUT2D eigenvalue weighted by Crippen LogP contribution is 2.29. The predicted octanol–water partition coefficient (Wildman–Crippen LogP) is 3.33. The van der Waals surface area contributed by atoms with Crippen molar-refractivity contribution in [2.75, 3.05) is 11.9 Å². The normalized spacial score (nSPS) is 13.3. The van der Waals surface area contributed by atoms with E-state index in [9.17, 15) is 14.0 Å². The molecule has 3 aromatic rings. The molecule has 0 saturated carbocycles. The minimum atomic E-state index is -0.435. The molecular weight excluding hydrogens is 357 g/mol. The molecule has 0 atom stereocenters. The number of nitrogens with zero attached hydrogens (tertiary/aromatic N) is 2. The molecule has 3 heterocycles. The number of benzene rings is 1. The summed E-state index contributed by atoms with van der Waals surface area (Å²) in [6.07, 6.45) is 3.38. The third-order valence-electron chi connectivity index (χ3n) is 4.09. The van der Waals surface area contributed by atoms with Crippen LogP contribution in [0.25, 0.3) is 0 Å². The van der Waals surface area contributed by atoms with Crippen LogP contribution in [-0.4, -0.2) is 28.2 Å². The van der Waals surface area contributed by atoms with Crippen molar-refractivity contribution in [3.05, 3.63) is 70.4 Å². The number of thiazole rings is 1. The first-order chi connectivity index (χ1) is 12.6. The van der Waals surface area contributed by atoms with E-state index in [0.29, 0.717) is 35.8 Å². The van der Waals surface area contributed by atoms with Crippen LogP contribution in [0.5, 0.6) is 0 Å². The maximum Gasteiger partial charge on any atom is 0.260 e. The number of aromatic nitrogens is 1.